The van der Waals surface area contributed by atoms with Gasteiger partial charge in [-0.2, -0.15) is 0 Å². The Morgan fingerprint density at radius 3 is 0.910 bits per heavy atom. The van der Waals surface area contributed by atoms with Crippen molar-refractivity contribution in [1.82, 2.24) is 54.8 Å². The highest BCUT2D eigenvalue weighted by molar-refractivity contribution is 8.25. The molecule has 0 aliphatic carbocycles. The van der Waals surface area contributed by atoms with E-state index < -0.39 is 27.5 Å². The molecule has 28 rings (SSSR count). The molecule has 16 nitrogen and oxygen atoms in total. The lowest BCUT2D eigenvalue weighted by Gasteiger charge is -2.25. The Hall–Kier alpha value is -16.0. The second kappa shape index (κ2) is 32.0. The van der Waals surface area contributed by atoms with E-state index in [4.69, 9.17) is 40.6 Å². The fourth-order valence-electron chi connectivity index (χ4n) is 20.7. The first kappa shape index (κ1) is 80.2. The molecule has 17 heterocycles. The lowest BCUT2D eigenvalue weighted by Crippen LogP contribution is -2.27. The van der Waals surface area contributed by atoms with Crippen LogP contribution in [0.3, 0.4) is 0 Å². The zero-order valence-electron chi connectivity index (χ0n) is 71.0. The lowest BCUT2D eigenvalue weighted by molar-refractivity contribution is 0.552. The third-order valence-electron chi connectivity index (χ3n) is 26.3. The average Bonchev–Trinajstić information content (AvgIpc) is 1.55. The van der Waals surface area contributed by atoms with Gasteiger partial charge in [0.1, 0.15) is 0 Å². The van der Waals surface area contributed by atoms with Crippen LogP contribution >= 0.6 is 27.5 Å². The zero-order valence-corrected chi connectivity index (χ0v) is 75.4. The molecule has 0 amide bonds. The van der Waals surface area contributed by atoms with Crippen LogP contribution in [0.2, 0.25) is 0 Å². The van der Waals surface area contributed by atoms with Gasteiger partial charge in [-0.1, -0.05) is 212 Å². The van der Waals surface area contributed by atoms with E-state index in [1.807, 2.05) is 262 Å². The molecule has 4 aliphatic rings. The molecular formula is C113H69N11O5P4S. The molecule has 2 unspecified atom stereocenters. The third-order valence-corrected chi connectivity index (χ3v) is 40.3. The van der Waals surface area contributed by atoms with Gasteiger partial charge in [-0.05, 0) is 180 Å². The maximum Gasteiger partial charge on any atom is 0.239 e. The summed E-state index contributed by atoms with van der Waals surface area (Å²) in [7, 11) is -9.87. The molecule has 0 spiro atoms. The van der Waals surface area contributed by atoms with Gasteiger partial charge in [-0.25, -0.2) is 0 Å². The number of aromatic nitrogens is 11. The number of benzene rings is 11. The van der Waals surface area contributed by atoms with E-state index in [-0.39, 0.29) is 0 Å². The zero-order chi connectivity index (χ0) is 89.4. The Balaban J connectivity index is 0.0000000956. The van der Waals surface area contributed by atoms with Crippen LogP contribution in [0.1, 0.15) is 0 Å². The average molecular weight is 1820 g/mol. The summed E-state index contributed by atoms with van der Waals surface area (Å²) in [5.74, 6) is 0. The summed E-state index contributed by atoms with van der Waals surface area (Å²) in [5, 5.41) is 23.6. The van der Waals surface area contributed by atoms with Gasteiger partial charge in [0.15, 0.2) is 25.3 Å². The fourth-order valence-corrected chi connectivity index (χ4v) is 33.6. The van der Waals surface area contributed by atoms with Crippen molar-refractivity contribution < 1.29 is 22.5 Å². The number of hydrogen-bond acceptors (Lipinski definition) is 17. The van der Waals surface area contributed by atoms with Gasteiger partial charge < -0.3 is 22.5 Å². The lowest BCUT2D eigenvalue weighted by atomic mass is 9.86. The summed E-state index contributed by atoms with van der Waals surface area (Å²) >= 11 is 6.73. The molecular weight excluding hydrogens is 1750 g/mol. The molecule has 0 bridgehead atoms. The van der Waals surface area contributed by atoms with Crippen LogP contribution in [0.15, 0.2) is 430 Å². The highest BCUT2D eigenvalue weighted by Gasteiger charge is 2.47. The summed E-state index contributed by atoms with van der Waals surface area (Å²) < 4.78 is 57.7. The molecule has 13 aromatic heterocycles. The molecule has 0 radical (unpaired) electrons. The maximum absolute atomic E-state index is 15.4. The molecule has 0 saturated carbocycles. The first-order valence-electron chi connectivity index (χ1n) is 43.7. The second-order valence-corrected chi connectivity index (χ2v) is 45.3. The molecule has 0 saturated heterocycles. The van der Waals surface area contributed by atoms with Crippen molar-refractivity contribution in [1.29, 1.82) is 0 Å². The van der Waals surface area contributed by atoms with Crippen LogP contribution in [0, 0.1) is 0 Å². The number of rotatable bonds is 4. The minimum atomic E-state index is -3.41. The fraction of sp³-hybridized carbons (Fsp3) is 0. The van der Waals surface area contributed by atoms with Crippen molar-refractivity contribution in [2.24, 2.45) is 0 Å². The normalized spacial score (nSPS) is 15.2. The van der Waals surface area contributed by atoms with Crippen LogP contribution in [-0.4, -0.2) is 54.8 Å². The van der Waals surface area contributed by atoms with Crippen LogP contribution in [0.25, 0.3) is 176 Å². The summed E-state index contributed by atoms with van der Waals surface area (Å²) in [5.41, 5.74) is 17.6. The smallest absolute Gasteiger partial charge is 0.239 e. The highest BCUT2D eigenvalue weighted by Crippen LogP contribution is 2.60. The first-order chi connectivity index (χ1) is 66.1. The van der Waals surface area contributed by atoms with Crippen molar-refractivity contribution in [3.05, 3.63) is 421 Å². The molecule has 0 fully saturated rings. The van der Waals surface area contributed by atoms with Crippen molar-refractivity contribution in [2.75, 3.05) is 0 Å². The first-order valence-corrected chi connectivity index (χ1v) is 51.6. The molecule has 2 atom stereocenters. The molecule has 632 valence electrons. The molecule has 4 aliphatic heterocycles. The largest absolute Gasteiger partial charge is 0.460 e. The monoisotopic (exact) mass is 1820 g/mol. The summed E-state index contributed by atoms with van der Waals surface area (Å²) in [6.45, 7) is 0. The van der Waals surface area contributed by atoms with E-state index >= 15 is 9.13 Å². The number of pyridine rings is 11. The molecule has 11 aromatic carbocycles. The van der Waals surface area contributed by atoms with E-state index in [0.29, 0.717) is 16.3 Å². The predicted molar refractivity (Wildman–Crippen MR) is 548 cm³/mol. The Bertz CT molecular complexity index is 8160. The Morgan fingerprint density at radius 1 is 0.201 bits per heavy atom. The number of nitrogens with zero attached hydrogens (tertiary/aromatic N) is 11. The van der Waals surface area contributed by atoms with Crippen molar-refractivity contribution in [3.63, 3.8) is 0 Å². The Kier molecular flexibility index (Phi) is 19.1. The Labute approximate surface area is 772 Å². The number of furan rings is 2. The number of hydrogen-bond donors (Lipinski definition) is 0. The summed E-state index contributed by atoms with van der Waals surface area (Å²) in [6.07, 6.45) is 32.5. The van der Waals surface area contributed by atoms with Crippen LogP contribution in [0.5, 0.6) is 0 Å². The van der Waals surface area contributed by atoms with Crippen molar-refractivity contribution in [2.45, 2.75) is 0 Å². The van der Waals surface area contributed by atoms with Gasteiger partial charge >= 0.3 is 0 Å². The third kappa shape index (κ3) is 12.0. The molecule has 0 N–H and O–H groups in total. The van der Waals surface area contributed by atoms with Crippen molar-refractivity contribution >= 4 is 190 Å². The minimum absolute atomic E-state index is 0.423. The van der Waals surface area contributed by atoms with Gasteiger partial charge in [0.2, 0.25) is 7.14 Å². The van der Waals surface area contributed by atoms with E-state index in [1.54, 1.807) is 55.9 Å². The number of fused-ring (bicyclic) bond motifs is 40. The molecule has 134 heavy (non-hydrogen) atoms. The van der Waals surface area contributed by atoms with Gasteiger partial charge in [-0.3, -0.25) is 54.8 Å². The van der Waals surface area contributed by atoms with Crippen LogP contribution in [-0.2, 0) is 25.5 Å². The summed E-state index contributed by atoms with van der Waals surface area (Å²) in [4.78, 5) is 51.0. The van der Waals surface area contributed by atoms with Crippen LogP contribution < -0.4 is 64.0 Å². The Morgan fingerprint density at radius 2 is 0.485 bits per heavy atom. The predicted octanol–water partition coefficient (Wildman–Crippen LogP) is 21.8. The van der Waals surface area contributed by atoms with Gasteiger partial charge in [0.05, 0.1) is 46.3 Å². The highest BCUT2D eigenvalue weighted by atomic mass is 32.4. The minimum Gasteiger partial charge on any atom is -0.460 e. The van der Waals surface area contributed by atoms with Gasteiger partial charge in [-0.15, -0.1) is 0 Å². The molecule has 24 aromatic rings. The van der Waals surface area contributed by atoms with Crippen molar-refractivity contribution in [3.8, 4) is 89.5 Å². The van der Waals surface area contributed by atoms with E-state index in [1.165, 1.54) is 0 Å². The standard InChI is InChI=1S/2C29H18N3OP.C29H18N3PS.C26H15N2O3P/c33-34(19-9-13-30-14-10-19)26-7-3-1-5-22(26)28-20-11-15-31-17-24(20)25-18-32-16-12-21(25)29(28)23-6-2-4-8-27(23)34;33-34(19-8-2-1-3-9-19)24-12-6-15-31-28(24)26-21-11-5-4-10-20(21)23-18-30-17-14-22(23)27(26)29-25(34)13-7-16-32-29;34-33(19-8-2-1-3-9-19)24-12-6-15-31-28(24)26-21-11-5-4-10-20(21)23-18-30-17-14-22(23)27(26)29-25(33)13-7-16-32-29;29-32(16-6-2-1-3-7-16)25-19(10-14-30-25)21-17-8-4-12-27-23(17)24-18(9-5-13-28-24)22(21)20-11-15-31-26(20)32/h3*1-18H;1-15H. The maximum atomic E-state index is 15.4. The SMILES string of the molecule is O=P1(c2ccccc2)c2cccnc2-c2c(c3ccncc3c3ccccc23)-c2ncccc21.O=P1(c2ccccc2)c2occc2-c2c(c3cccnc3c3ncccc23)-c2ccoc21.O=P1(c2ccncc2)c2ccccc2-c2c(c3ccncc3c3cnccc23)-c2ccccc21.S=P1(c2ccccc2)c2cccnc2-c2c(c3ccncc3c3ccccc23)-c2ncccc21. The second-order valence-electron chi connectivity index (χ2n) is 33.0. The van der Waals surface area contributed by atoms with Gasteiger partial charge in [0.25, 0.3) is 0 Å². The topological polar surface area (TPSA) is 219 Å². The summed E-state index contributed by atoms with van der Waals surface area (Å²) in [6, 6.07) is 100. The van der Waals surface area contributed by atoms with Gasteiger partial charge in [0, 0.05) is 230 Å². The quantitative estimate of drug-likeness (QED) is 0.118. The van der Waals surface area contributed by atoms with E-state index in [0.717, 1.165) is 224 Å². The molecule has 21 heteroatoms. The van der Waals surface area contributed by atoms with E-state index in [9.17, 15) is 4.57 Å². The van der Waals surface area contributed by atoms with E-state index in [2.05, 4.69) is 138 Å². The van der Waals surface area contributed by atoms with Crippen LogP contribution in [0.4, 0.5) is 0 Å².